The maximum absolute atomic E-state index is 13.4. The molecule has 1 atom stereocenters. The summed E-state index contributed by atoms with van der Waals surface area (Å²) >= 11 is 0. The van der Waals surface area contributed by atoms with Gasteiger partial charge < -0.3 is 25.4 Å². The third-order valence-corrected chi connectivity index (χ3v) is 4.85. The number of hydrogen-bond acceptors (Lipinski definition) is 5. The van der Waals surface area contributed by atoms with E-state index >= 15 is 0 Å². The van der Waals surface area contributed by atoms with E-state index in [2.05, 4.69) is 4.52 Å². The van der Waals surface area contributed by atoms with Gasteiger partial charge in [-0.15, -0.1) is 0 Å². The fourth-order valence-corrected chi connectivity index (χ4v) is 3.04. The summed E-state index contributed by atoms with van der Waals surface area (Å²) in [4.78, 5) is 17.5. The lowest BCUT2D eigenvalue weighted by Gasteiger charge is -2.27. The number of hydrogen-bond donors (Lipinski definition) is 4. The van der Waals surface area contributed by atoms with Crippen molar-refractivity contribution in [1.82, 2.24) is 0 Å². The van der Waals surface area contributed by atoms with Gasteiger partial charge >= 0.3 is 14.0 Å². The third kappa shape index (κ3) is 10.2. The SMILES string of the molecule is NC(CO)(CCc1ccc(OCCCCCCF)c(C(F)(F)F)c1)COP(=O)(O)O. The number of aryl methyl sites for hydroxylation is 1. The highest BCUT2D eigenvalue weighted by Crippen LogP contribution is 2.38. The van der Waals surface area contributed by atoms with Gasteiger partial charge in [0.15, 0.2) is 0 Å². The Labute approximate surface area is 172 Å². The van der Waals surface area contributed by atoms with Crippen molar-refractivity contribution in [3.8, 4) is 5.75 Å². The first-order valence-electron chi connectivity index (χ1n) is 9.39. The number of nitrogens with two attached hydrogens (primary N) is 1. The minimum absolute atomic E-state index is 0.00810. The Kier molecular flexibility index (Phi) is 10.7. The molecular weight excluding hydrogens is 433 g/mol. The van der Waals surface area contributed by atoms with Crippen LogP contribution in [0.15, 0.2) is 18.2 Å². The number of aliphatic hydroxyl groups is 1. The van der Waals surface area contributed by atoms with Crippen LogP contribution < -0.4 is 10.5 Å². The topological polar surface area (TPSA) is 122 Å². The smallest absolute Gasteiger partial charge is 0.469 e. The zero-order valence-corrected chi connectivity index (χ0v) is 17.3. The van der Waals surface area contributed by atoms with Gasteiger partial charge in [0.05, 0.1) is 37.6 Å². The van der Waals surface area contributed by atoms with E-state index in [1.807, 2.05) is 0 Å². The maximum atomic E-state index is 13.4. The van der Waals surface area contributed by atoms with Crippen molar-refractivity contribution in [3.63, 3.8) is 0 Å². The lowest BCUT2D eigenvalue weighted by molar-refractivity contribution is -0.139. The molecule has 0 fully saturated rings. The van der Waals surface area contributed by atoms with E-state index in [-0.39, 0.29) is 30.8 Å². The highest BCUT2D eigenvalue weighted by Gasteiger charge is 2.35. The zero-order valence-electron chi connectivity index (χ0n) is 16.4. The van der Waals surface area contributed by atoms with Crippen LogP contribution >= 0.6 is 7.82 Å². The number of alkyl halides is 4. The molecule has 0 aliphatic heterocycles. The molecule has 1 aromatic rings. The summed E-state index contributed by atoms with van der Waals surface area (Å²) < 4.78 is 72.6. The maximum Gasteiger partial charge on any atom is 0.469 e. The molecular formula is C18H28F4NO6P. The van der Waals surface area contributed by atoms with Gasteiger partial charge in [-0.05, 0) is 49.8 Å². The van der Waals surface area contributed by atoms with E-state index < -0.39 is 45.0 Å². The lowest BCUT2D eigenvalue weighted by Crippen LogP contribution is -2.48. The van der Waals surface area contributed by atoms with Crippen molar-refractivity contribution in [1.29, 1.82) is 0 Å². The van der Waals surface area contributed by atoms with Crippen LogP contribution in [-0.4, -0.2) is 46.9 Å². The number of benzene rings is 1. The van der Waals surface area contributed by atoms with E-state index in [1.54, 1.807) is 0 Å². The molecule has 30 heavy (non-hydrogen) atoms. The summed E-state index contributed by atoms with van der Waals surface area (Å²) in [5.41, 5.74) is 3.60. The Morgan fingerprint density at radius 2 is 1.77 bits per heavy atom. The van der Waals surface area contributed by atoms with Crippen molar-refractivity contribution in [2.45, 2.75) is 50.2 Å². The molecule has 0 aromatic heterocycles. The fraction of sp³-hybridized carbons (Fsp3) is 0.667. The normalized spacial score (nSPS) is 14.5. The molecule has 1 rings (SSSR count). The minimum atomic E-state index is -4.80. The molecule has 0 bridgehead atoms. The number of unbranched alkanes of at least 4 members (excludes halogenated alkanes) is 3. The van der Waals surface area contributed by atoms with E-state index in [1.165, 1.54) is 12.1 Å². The van der Waals surface area contributed by atoms with E-state index in [0.29, 0.717) is 25.7 Å². The summed E-state index contributed by atoms with van der Waals surface area (Å²) in [5, 5.41) is 9.38. The van der Waals surface area contributed by atoms with Crippen LogP contribution in [-0.2, 0) is 21.7 Å². The molecule has 12 heteroatoms. The summed E-state index contributed by atoms with van der Waals surface area (Å²) in [6.07, 6.45) is -2.51. The molecule has 0 aliphatic carbocycles. The van der Waals surface area contributed by atoms with Crippen LogP contribution in [0.5, 0.6) is 5.75 Å². The number of phosphoric ester groups is 1. The van der Waals surface area contributed by atoms with Gasteiger partial charge in [0.25, 0.3) is 0 Å². The second-order valence-corrected chi connectivity index (χ2v) is 8.30. The summed E-state index contributed by atoms with van der Waals surface area (Å²) in [5.74, 6) is -0.317. The quantitative estimate of drug-likeness (QED) is 0.190. The molecule has 0 aliphatic rings. The van der Waals surface area contributed by atoms with Crippen LogP contribution in [0, 0.1) is 0 Å². The van der Waals surface area contributed by atoms with Crippen LogP contribution in [0.3, 0.4) is 0 Å². The Morgan fingerprint density at radius 3 is 2.33 bits per heavy atom. The number of rotatable bonds is 14. The predicted molar refractivity (Wildman–Crippen MR) is 102 cm³/mol. The summed E-state index contributed by atoms with van der Waals surface area (Å²) in [6.45, 7) is -1.69. The van der Waals surface area contributed by atoms with Gasteiger partial charge in [-0.2, -0.15) is 13.2 Å². The molecule has 1 aromatic carbocycles. The summed E-state index contributed by atoms with van der Waals surface area (Å²) in [6, 6.07) is 3.54. The zero-order chi connectivity index (χ0) is 22.8. The number of halogens is 4. The highest BCUT2D eigenvalue weighted by molar-refractivity contribution is 7.46. The van der Waals surface area contributed by atoms with Gasteiger partial charge in [0.2, 0.25) is 0 Å². The molecule has 174 valence electrons. The lowest BCUT2D eigenvalue weighted by atomic mass is 9.93. The molecule has 5 N–H and O–H groups in total. The first kappa shape index (κ1) is 26.8. The van der Waals surface area contributed by atoms with E-state index in [4.69, 9.17) is 20.3 Å². The predicted octanol–water partition coefficient (Wildman–Crippen LogP) is 3.35. The molecule has 0 amide bonds. The van der Waals surface area contributed by atoms with Crippen molar-refractivity contribution >= 4 is 7.82 Å². The third-order valence-electron chi connectivity index (χ3n) is 4.38. The highest BCUT2D eigenvalue weighted by atomic mass is 31.2. The Hall–Kier alpha value is -1.23. The fourth-order valence-electron chi connectivity index (χ4n) is 2.62. The average Bonchev–Trinajstić information content (AvgIpc) is 2.66. The molecule has 0 heterocycles. The first-order valence-corrected chi connectivity index (χ1v) is 10.9. The molecule has 0 saturated carbocycles. The van der Waals surface area contributed by atoms with Crippen molar-refractivity contribution in [2.24, 2.45) is 5.73 Å². The molecule has 7 nitrogen and oxygen atoms in total. The van der Waals surface area contributed by atoms with Crippen LogP contribution in [0.4, 0.5) is 17.6 Å². The Bertz CT molecular complexity index is 700. The van der Waals surface area contributed by atoms with Crippen LogP contribution in [0.2, 0.25) is 0 Å². The molecule has 0 saturated heterocycles. The van der Waals surface area contributed by atoms with Crippen LogP contribution in [0.1, 0.15) is 43.2 Å². The van der Waals surface area contributed by atoms with Crippen molar-refractivity contribution in [2.75, 3.05) is 26.5 Å². The van der Waals surface area contributed by atoms with E-state index in [0.717, 1.165) is 6.07 Å². The average molecular weight is 461 g/mol. The second-order valence-electron chi connectivity index (χ2n) is 7.06. The molecule has 0 spiro atoms. The van der Waals surface area contributed by atoms with Gasteiger partial charge in [-0.25, -0.2) is 4.57 Å². The first-order chi connectivity index (χ1) is 13.9. The number of phosphoric acid groups is 1. The number of ether oxygens (including phenoxy) is 1. The van der Waals surface area contributed by atoms with Crippen molar-refractivity contribution < 1.29 is 46.3 Å². The van der Waals surface area contributed by atoms with Crippen LogP contribution in [0.25, 0.3) is 0 Å². The Morgan fingerprint density at radius 1 is 1.10 bits per heavy atom. The van der Waals surface area contributed by atoms with Gasteiger partial charge in [0, 0.05) is 0 Å². The van der Waals surface area contributed by atoms with Gasteiger partial charge in [0.1, 0.15) is 5.75 Å². The number of aliphatic hydroxyl groups excluding tert-OH is 1. The standard InChI is InChI=1S/C18H28F4NO6P/c19-9-3-1-2-4-10-28-16-6-5-14(11-15(16)18(20,21)22)7-8-17(23,12-24)13-29-30(25,26)27/h5-6,11,24H,1-4,7-10,12-13,23H2,(H2,25,26,27). The Balaban J connectivity index is 2.78. The van der Waals surface area contributed by atoms with Crippen molar-refractivity contribution in [3.05, 3.63) is 29.3 Å². The van der Waals surface area contributed by atoms with Gasteiger partial charge in [-0.1, -0.05) is 12.5 Å². The second kappa shape index (κ2) is 12.0. The summed E-state index contributed by atoms with van der Waals surface area (Å²) in [7, 11) is -4.80. The minimum Gasteiger partial charge on any atom is -0.493 e. The molecule has 0 radical (unpaired) electrons. The molecule has 1 unspecified atom stereocenters. The largest absolute Gasteiger partial charge is 0.493 e. The monoisotopic (exact) mass is 461 g/mol. The van der Waals surface area contributed by atoms with Gasteiger partial charge in [-0.3, -0.25) is 8.91 Å². The van der Waals surface area contributed by atoms with E-state index in [9.17, 15) is 27.2 Å².